The van der Waals surface area contributed by atoms with E-state index in [2.05, 4.69) is 20.6 Å². The second-order valence-electron chi connectivity index (χ2n) is 5.45. The lowest BCUT2D eigenvalue weighted by molar-refractivity contribution is 0.0999. The maximum atomic E-state index is 12.0. The van der Waals surface area contributed by atoms with Crippen molar-refractivity contribution in [2.45, 2.75) is 20.0 Å². The first-order chi connectivity index (χ1) is 11.1. The molecule has 4 heterocycles. The predicted molar refractivity (Wildman–Crippen MR) is 84.2 cm³/mol. The van der Waals surface area contributed by atoms with Crippen molar-refractivity contribution in [3.05, 3.63) is 34.4 Å². The summed E-state index contributed by atoms with van der Waals surface area (Å²) in [6.07, 6.45) is 1.82. The Labute approximate surface area is 136 Å². The Morgan fingerprint density at radius 3 is 3.04 bits per heavy atom. The molecule has 0 fully saturated rings. The summed E-state index contributed by atoms with van der Waals surface area (Å²) in [5.74, 6) is 0.205. The van der Waals surface area contributed by atoms with E-state index in [1.165, 1.54) is 0 Å². The average molecular weight is 332 g/mol. The molecule has 0 unspecified atom stereocenters. The summed E-state index contributed by atoms with van der Waals surface area (Å²) in [4.78, 5) is 12.0. The number of nitrogens with zero attached hydrogens (tertiary/aromatic N) is 5. The number of aryl methyl sites for hydroxylation is 1. The van der Waals surface area contributed by atoms with Gasteiger partial charge < -0.3 is 11.1 Å². The highest BCUT2D eigenvalue weighted by molar-refractivity contribution is 6.33. The Bertz CT molecular complexity index is 942. The second-order valence-corrected chi connectivity index (χ2v) is 5.86. The molecule has 1 amide bonds. The summed E-state index contributed by atoms with van der Waals surface area (Å²) < 4.78 is 3.60. The molecule has 0 saturated heterocycles. The van der Waals surface area contributed by atoms with E-state index < -0.39 is 5.91 Å². The van der Waals surface area contributed by atoms with Crippen molar-refractivity contribution in [2.75, 3.05) is 6.54 Å². The van der Waals surface area contributed by atoms with Crippen LogP contribution in [0, 0.1) is 6.92 Å². The Hall–Kier alpha value is -2.45. The number of pyridine rings is 1. The van der Waals surface area contributed by atoms with E-state index in [1.54, 1.807) is 10.5 Å². The minimum atomic E-state index is -0.498. The zero-order valence-electron chi connectivity index (χ0n) is 12.4. The molecule has 3 aromatic rings. The molecular formula is C14H14ClN7O. The largest absolute Gasteiger partial charge is 0.365 e. The van der Waals surface area contributed by atoms with Crippen LogP contribution in [0.4, 0.5) is 0 Å². The van der Waals surface area contributed by atoms with E-state index in [0.717, 1.165) is 12.2 Å². The minimum absolute atomic E-state index is 0.429. The summed E-state index contributed by atoms with van der Waals surface area (Å²) in [6.45, 7) is 3.89. The van der Waals surface area contributed by atoms with E-state index >= 15 is 0 Å². The van der Waals surface area contributed by atoms with E-state index in [4.69, 9.17) is 17.3 Å². The summed E-state index contributed by atoms with van der Waals surface area (Å²) >= 11 is 6.30. The normalized spacial score (nSPS) is 14.2. The highest BCUT2D eigenvalue weighted by atomic mass is 35.5. The number of hydrogen-bond donors (Lipinski definition) is 2. The van der Waals surface area contributed by atoms with Crippen LogP contribution >= 0.6 is 11.6 Å². The maximum absolute atomic E-state index is 12.0. The molecule has 0 radical (unpaired) electrons. The molecule has 8 nitrogen and oxygen atoms in total. The first-order valence-electron chi connectivity index (χ1n) is 7.17. The van der Waals surface area contributed by atoms with Gasteiger partial charge in [0.1, 0.15) is 11.5 Å². The topological polar surface area (TPSA) is 103 Å². The van der Waals surface area contributed by atoms with Gasteiger partial charge in [0.15, 0.2) is 5.65 Å². The molecule has 1 aliphatic rings. The fraction of sp³-hybridized carbons (Fsp3) is 0.286. The number of amides is 1. The molecule has 1 aliphatic heterocycles. The lowest BCUT2D eigenvalue weighted by Crippen LogP contribution is -2.30. The van der Waals surface area contributed by atoms with E-state index in [9.17, 15) is 4.79 Å². The molecule has 4 rings (SSSR count). The van der Waals surface area contributed by atoms with Gasteiger partial charge in [-0.3, -0.25) is 13.9 Å². The number of halogens is 1. The molecular weight excluding hydrogens is 318 g/mol. The third-order valence-electron chi connectivity index (χ3n) is 4.00. The van der Waals surface area contributed by atoms with E-state index in [1.807, 2.05) is 17.8 Å². The molecule has 118 valence electrons. The van der Waals surface area contributed by atoms with Crippen LogP contribution in [0.25, 0.3) is 16.9 Å². The Kier molecular flexibility index (Phi) is 3.10. The molecule has 0 aromatic carbocycles. The average Bonchev–Trinajstić information content (AvgIpc) is 3.09. The van der Waals surface area contributed by atoms with Crippen molar-refractivity contribution in [1.29, 1.82) is 0 Å². The molecule has 9 heteroatoms. The molecule has 0 bridgehead atoms. The Balaban J connectivity index is 1.99. The minimum Gasteiger partial charge on any atom is -0.365 e. The van der Waals surface area contributed by atoms with E-state index in [0.29, 0.717) is 46.4 Å². The van der Waals surface area contributed by atoms with Crippen LogP contribution in [0.2, 0.25) is 5.02 Å². The van der Waals surface area contributed by atoms with Gasteiger partial charge >= 0.3 is 0 Å². The van der Waals surface area contributed by atoms with Gasteiger partial charge in [0.05, 0.1) is 22.8 Å². The van der Waals surface area contributed by atoms with Crippen LogP contribution in [-0.2, 0) is 13.1 Å². The summed E-state index contributed by atoms with van der Waals surface area (Å²) in [5, 5.41) is 16.3. The standard InChI is InChI=1S/C14H14ClN7O/c1-7-18-19-14-9(15)4-8(6-21(7)14)12-11(13(16)23)10-5-17-2-3-22(10)20-12/h4,6,17H,2-3,5H2,1H3,(H2,16,23). The first-order valence-corrected chi connectivity index (χ1v) is 7.55. The van der Waals surface area contributed by atoms with Gasteiger partial charge in [-0.15, -0.1) is 10.2 Å². The number of carbonyl (C=O) groups is 1. The number of hydrogen-bond acceptors (Lipinski definition) is 5. The third-order valence-corrected chi connectivity index (χ3v) is 4.28. The summed E-state index contributed by atoms with van der Waals surface area (Å²) in [7, 11) is 0. The van der Waals surface area contributed by atoms with Crippen LogP contribution in [0.1, 0.15) is 21.9 Å². The zero-order valence-corrected chi connectivity index (χ0v) is 13.1. The SMILES string of the molecule is Cc1nnc2c(Cl)cc(-c3nn4c(c3C(N)=O)CNCC4)cn12. The molecule has 23 heavy (non-hydrogen) atoms. The fourth-order valence-corrected chi connectivity index (χ4v) is 3.15. The molecule has 0 atom stereocenters. The van der Waals surface area contributed by atoms with Gasteiger partial charge in [0.2, 0.25) is 0 Å². The number of nitrogens with two attached hydrogens (primary N) is 1. The van der Waals surface area contributed by atoms with Crippen molar-refractivity contribution >= 4 is 23.2 Å². The number of primary amides is 1. The van der Waals surface area contributed by atoms with E-state index in [-0.39, 0.29) is 0 Å². The smallest absolute Gasteiger partial charge is 0.252 e. The number of fused-ring (bicyclic) bond motifs is 2. The van der Waals surface area contributed by atoms with Gasteiger partial charge in [-0.2, -0.15) is 5.10 Å². The van der Waals surface area contributed by atoms with Gasteiger partial charge in [-0.05, 0) is 13.0 Å². The first kappa shape index (κ1) is 14.2. The quantitative estimate of drug-likeness (QED) is 0.721. The third kappa shape index (κ3) is 2.10. The highest BCUT2D eigenvalue weighted by Gasteiger charge is 2.25. The van der Waals surface area contributed by atoms with Gasteiger partial charge in [-0.25, -0.2) is 0 Å². The van der Waals surface area contributed by atoms with Crippen LogP contribution < -0.4 is 11.1 Å². The van der Waals surface area contributed by atoms with Gasteiger partial charge in [0.25, 0.3) is 5.91 Å². The number of carbonyl (C=O) groups excluding carboxylic acids is 1. The highest BCUT2D eigenvalue weighted by Crippen LogP contribution is 2.30. The monoisotopic (exact) mass is 331 g/mol. The second kappa shape index (κ2) is 5.04. The maximum Gasteiger partial charge on any atom is 0.252 e. The lowest BCUT2D eigenvalue weighted by Gasteiger charge is -2.15. The summed E-state index contributed by atoms with van der Waals surface area (Å²) in [6, 6.07) is 1.74. The number of rotatable bonds is 2. The van der Waals surface area contributed by atoms with Crippen molar-refractivity contribution < 1.29 is 4.79 Å². The molecule has 0 aliphatic carbocycles. The van der Waals surface area contributed by atoms with Crippen molar-refractivity contribution in [3.63, 3.8) is 0 Å². The molecule has 3 N–H and O–H groups in total. The zero-order chi connectivity index (χ0) is 16.1. The van der Waals surface area contributed by atoms with Crippen LogP contribution in [0.15, 0.2) is 12.3 Å². The van der Waals surface area contributed by atoms with Crippen molar-refractivity contribution in [2.24, 2.45) is 5.73 Å². The van der Waals surface area contributed by atoms with Crippen LogP contribution in [0.5, 0.6) is 0 Å². The number of aromatic nitrogens is 5. The molecule has 0 saturated carbocycles. The van der Waals surface area contributed by atoms with Crippen molar-refractivity contribution in [1.82, 2.24) is 29.7 Å². The lowest BCUT2D eigenvalue weighted by atomic mass is 10.1. The van der Waals surface area contributed by atoms with Crippen LogP contribution in [0.3, 0.4) is 0 Å². The molecule has 3 aromatic heterocycles. The van der Waals surface area contributed by atoms with Crippen LogP contribution in [-0.4, -0.2) is 36.8 Å². The summed E-state index contributed by atoms with van der Waals surface area (Å²) in [5.41, 5.74) is 8.64. The fourth-order valence-electron chi connectivity index (χ4n) is 2.91. The predicted octanol–water partition coefficient (Wildman–Crippen LogP) is 0.757. The Morgan fingerprint density at radius 1 is 1.43 bits per heavy atom. The molecule has 0 spiro atoms. The van der Waals surface area contributed by atoms with Crippen molar-refractivity contribution in [3.8, 4) is 11.3 Å². The van der Waals surface area contributed by atoms with Gasteiger partial charge in [-0.1, -0.05) is 11.6 Å². The Morgan fingerprint density at radius 2 is 2.26 bits per heavy atom. The van der Waals surface area contributed by atoms with Gasteiger partial charge in [0, 0.05) is 24.8 Å². The number of nitrogens with one attached hydrogen (secondary N) is 1.